The van der Waals surface area contributed by atoms with E-state index in [9.17, 15) is 18.0 Å². The molecule has 1 fully saturated rings. The molecule has 3 aromatic rings. The first kappa shape index (κ1) is 21.3. The van der Waals surface area contributed by atoms with E-state index in [1.165, 1.54) is 32.0 Å². The Morgan fingerprint density at radius 3 is 2.42 bits per heavy atom. The van der Waals surface area contributed by atoms with Crippen molar-refractivity contribution >= 4 is 32.7 Å². The first-order chi connectivity index (χ1) is 14.8. The second-order valence-electron chi connectivity index (χ2n) is 7.84. The third kappa shape index (κ3) is 4.15. The topological polar surface area (TPSA) is 92.8 Å². The highest BCUT2D eigenvalue weighted by Crippen LogP contribution is 2.24. The maximum Gasteiger partial charge on any atom is 0.420 e. The van der Waals surface area contributed by atoms with Gasteiger partial charge in [0.1, 0.15) is 6.54 Å². The molecule has 0 aliphatic carbocycles. The number of rotatable bonds is 5. The van der Waals surface area contributed by atoms with E-state index in [2.05, 4.69) is 0 Å². The lowest BCUT2D eigenvalue weighted by Crippen LogP contribution is -2.35. The van der Waals surface area contributed by atoms with Gasteiger partial charge in [0.15, 0.2) is 5.58 Å². The minimum Gasteiger partial charge on any atom is -0.408 e. The fourth-order valence-electron chi connectivity index (χ4n) is 3.76. The summed E-state index contributed by atoms with van der Waals surface area (Å²) in [4.78, 5) is 26.7. The molecule has 1 aliphatic rings. The number of benzene rings is 2. The van der Waals surface area contributed by atoms with Gasteiger partial charge in [-0.25, -0.2) is 13.2 Å². The molecule has 1 amide bonds. The highest BCUT2D eigenvalue weighted by molar-refractivity contribution is 7.89. The lowest BCUT2D eigenvalue weighted by atomic mass is 10.2. The average Bonchev–Trinajstić information content (AvgIpc) is 3.08. The monoisotopic (exact) mass is 443 g/mol. The lowest BCUT2D eigenvalue weighted by Gasteiger charge is -2.25. The van der Waals surface area contributed by atoms with Gasteiger partial charge >= 0.3 is 5.76 Å². The summed E-state index contributed by atoms with van der Waals surface area (Å²) in [5.41, 5.74) is 2.32. The molecule has 1 aliphatic heterocycles. The van der Waals surface area contributed by atoms with Crippen LogP contribution in [0.3, 0.4) is 0 Å². The lowest BCUT2D eigenvalue weighted by molar-refractivity contribution is -0.118. The predicted molar refractivity (Wildman–Crippen MR) is 118 cm³/mol. The van der Waals surface area contributed by atoms with E-state index < -0.39 is 15.8 Å². The molecule has 1 saturated heterocycles. The van der Waals surface area contributed by atoms with Crippen molar-refractivity contribution in [1.29, 1.82) is 0 Å². The van der Waals surface area contributed by atoms with Crippen molar-refractivity contribution < 1.29 is 17.6 Å². The van der Waals surface area contributed by atoms with Crippen LogP contribution in [0.1, 0.15) is 24.8 Å². The first-order valence-electron chi connectivity index (χ1n) is 10.2. The van der Waals surface area contributed by atoms with E-state index in [1.54, 1.807) is 7.05 Å². The van der Waals surface area contributed by atoms with Crippen LogP contribution in [0.4, 0.5) is 5.69 Å². The minimum absolute atomic E-state index is 0.0888. The van der Waals surface area contributed by atoms with Crippen LogP contribution >= 0.6 is 0 Å². The van der Waals surface area contributed by atoms with Crippen LogP contribution in [-0.4, -0.2) is 43.3 Å². The molecule has 0 N–H and O–H groups in total. The van der Waals surface area contributed by atoms with E-state index in [0.29, 0.717) is 24.3 Å². The Labute approximate surface area is 180 Å². The third-order valence-electron chi connectivity index (χ3n) is 5.68. The standard InChI is InChI=1S/C22H25N3O5S/c1-16-6-8-17(9-7-16)23(2)21(26)15-25-19-11-10-18(14-20(19)30-22(25)27)31(28,29)24-12-4-3-5-13-24/h6-11,14H,3-5,12-13,15H2,1-2H3. The van der Waals surface area contributed by atoms with E-state index in [1.807, 2.05) is 31.2 Å². The highest BCUT2D eigenvalue weighted by Gasteiger charge is 2.27. The summed E-state index contributed by atoms with van der Waals surface area (Å²) in [7, 11) is -2.00. The Kier molecular flexibility index (Phi) is 5.72. The summed E-state index contributed by atoms with van der Waals surface area (Å²) in [5.74, 6) is -0.994. The molecule has 0 radical (unpaired) electrons. The Morgan fingerprint density at radius 1 is 1.06 bits per heavy atom. The molecule has 1 aromatic heterocycles. The largest absolute Gasteiger partial charge is 0.420 e. The molecule has 9 heteroatoms. The van der Waals surface area contributed by atoms with Gasteiger partial charge in [-0.3, -0.25) is 9.36 Å². The number of fused-ring (bicyclic) bond motifs is 1. The van der Waals surface area contributed by atoms with Crippen molar-refractivity contribution in [2.24, 2.45) is 0 Å². The third-order valence-corrected chi connectivity index (χ3v) is 7.58. The molecular weight excluding hydrogens is 418 g/mol. The van der Waals surface area contributed by atoms with Crippen LogP contribution in [0.15, 0.2) is 56.6 Å². The van der Waals surface area contributed by atoms with Crippen molar-refractivity contribution in [3.05, 3.63) is 58.6 Å². The smallest absolute Gasteiger partial charge is 0.408 e. The Bertz CT molecular complexity index is 1270. The fraction of sp³-hybridized carbons (Fsp3) is 0.364. The van der Waals surface area contributed by atoms with Crippen LogP contribution in [0.5, 0.6) is 0 Å². The number of carbonyl (C=O) groups excluding carboxylic acids is 1. The summed E-state index contributed by atoms with van der Waals surface area (Å²) in [6, 6.07) is 11.8. The number of amides is 1. The van der Waals surface area contributed by atoms with Crippen LogP contribution in [0.25, 0.3) is 11.1 Å². The van der Waals surface area contributed by atoms with Crippen LogP contribution in [0.2, 0.25) is 0 Å². The number of likely N-dealkylation sites (N-methyl/N-ethyl adjacent to an activating group) is 1. The zero-order valence-corrected chi connectivity index (χ0v) is 18.4. The number of piperidine rings is 1. The summed E-state index contributed by atoms with van der Waals surface area (Å²) >= 11 is 0. The normalized spacial score (nSPS) is 15.3. The van der Waals surface area contributed by atoms with Crippen molar-refractivity contribution in [2.45, 2.75) is 37.6 Å². The van der Waals surface area contributed by atoms with Gasteiger partial charge in [-0.2, -0.15) is 4.31 Å². The Balaban J connectivity index is 1.61. The summed E-state index contributed by atoms with van der Waals surface area (Å²) in [6.45, 7) is 2.73. The summed E-state index contributed by atoms with van der Waals surface area (Å²) < 4.78 is 33.8. The van der Waals surface area contributed by atoms with Gasteiger partial charge in [0.2, 0.25) is 15.9 Å². The number of aryl methyl sites for hydroxylation is 1. The van der Waals surface area contributed by atoms with Gasteiger partial charge in [0.25, 0.3) is 0 Å². The Hall–Kier alpha value is -2.91. The fourth-order valence-corrected chi connectivity index (χ4v) is 5.30. The average molecular weight is 444 g/mol. The maximum absolute atomic E-state index is 12.9. The quantitative estimate of drug-likeness (QED) is 0.605. The molecule has 164 valence electrons. The zero-order valence-electron chi connectivity index (χ0n) is 17.6. The van der Waals surface area contributed by atoms with Crippen LogP contribution < -0.4 is 10.7 Å². The predicted octanol–water partition coefficient (Wildman–Crippen LogP) is 2.74. The molecule has 4 rings (SSSR count). The van der Waals surface area contributed by atoms with Crippen molar-refractivity contribution in [3.8, 4) is 0 Å². The van der Waals surface area contributed by atoms with Gasteiger partial charge < -0.3 is 9.32 Å². The van der Waals surface area contributed by atoms with E-state index in [0.717, 1.165) is 24.8 Å². The SMILES string of the molecule is Cc1ccc(N(C)C(=O)Cn2c(=O)oc3cc(S(=O)(=O)N4CCCCC4)ccc32)cc1. The van der Waals surface area contributed by atoms with E-state index >= 15 is 0 Å². The minimum atomic E-state index is -3.65. The number of carbonyl (C=O) groups is 1. The summed E-state index contributed by atoms with van der Waals surface area (Å²) in [6.07, 6.45) is 2.70. The Morgan fingerprint density at radius 2 is 1.74 bits per heavy atom. The maximum atomic E-state index is 12.9. The number of anilines is 1. The molecule has 2 aromatic carbocycles. The van der Waals surface area contributed by atoms with Gasteiger partial charge in [0.05, 0.1) is 10.4 Å². The number of nitrogens with zero attached hydrogens (tertiary/aromatic N) is 3. The van der Waals surface area contributed by atoms with Gasteiger partial charge in [-0.05, 0) is 44.0 Å². The molecule has 0 spiro atoms. The molecule has 31 heavy (non-hydrogen) atoms. The van der Waals surface area contributed by atoms with Gasteiger partial charge in [0, 0.05) is 31.9 Å². The van der Waals surface area contributed by atoms with Gasteiger partial charge in [-0.1, -0.05) is 24.1 Å². The first-order valence-corrected chi connectivity index (χ1v) is 11.7. The van der Waals surface area contributed by atoms with E-state index in [-0.39, 0.29) is 22.9 Å². The number of aromatic nitrogens is 1. The molecule has 0 saturated carbocycles. The molecule has 0 bridgehead atoms. The van der Waals surface area contributed by atoms with Crippen molar-refractivity contribution in [2.75, 3.05) is 25.0 Å². The zero-order chi connectivity index (χ0) is 22.2. The molecule has 8 nitrogen and oxygen atoms in total. The molecule has 0 atom stereocenters. The molecule has 2 heterocycles. The van der Waals surface area contributed by atoms with Crippen LogP contribution in [-0.2, 0) is 21.4 Å². The number of oxazole rings is 1. The van der Waals surface area contributed by atoms with Crippen LogP contribution in [0, 0.1) is 6.92 Å². The molecular formula is C22H25N3O5S. The number of hydrogen-bond donors (Lipinski definition) is 0. The number of sulfonamides is 1. The van der Waals surface area contributed by atoms with Gasteiger partial charge in [-0.15, -0.1) is 0 Å². The van der Waals surface area contributed by atoms with Crippen molar-refractivity contribution in [3.63, 3.8) is 0 Å². The molecule has 0 unspecified atom stereocenters. The summed E-state index contributed by atoms with van der Waals surface area (Å²) in [5, 5.41) is 0. The second kappa shape index (κ2) is 8.32. The van der Waals surface area contributed by atoms with Crippen molar-refractivity contribution in [1.82, 2.24) is 8.87 Å². The number of hydrogen-bond acceptors (Lipinski definition) is 5. The highest BCUT2D eigenvalue weighted by atomic mass is 32.2. The second-order valence-corrected chi connectivity index (χ2v) is 9.77. The van der Waals surface area contributed by atoms with E-state index in [4.69, 9.17) is 4.42 Å².